The quantitative estimate of drug-likeness (QED) is 0.0585. The van der Waals surface area contributed by atoms with Crippen LogP contribution in [0.3, 0.4) is 0 Å². The number of hydrogen-bond acceptors (Lipinski definition) is 4. The molecule has 262 valence electrons. The van der Waals surface area contributed by atoms with Gasteiger partial charge in [0.05, 0.1) is 28.1 Å². The van der Waals surface area contributed by atoms with Gasteiger partial charge >= 0.3 is 0 Å². The van der Waals surface area contributed by atoms with E-state index < -0.39 is 0 Å². The van der Waals surface area contributed by atoms with Crippen molar-refractivity contribution in [2.24, 2.45) is 4.99 Å². The molecule has 1 unspecified atom stereocenters. The zero-order valence-corrected chi connectivity index (χ0v) is 30.9. The van der Waals surface area contributed by atoms with Gasteiger partial charge in [-0.2, -0.15) is 0 Å². The Kier molecular flexibility index (Phi) is 11.1. The van der Waals surface area contributed by atoms with Crippen LogP contribution in [0.1, 0.15) is 59.8 Å². The lowest BCUT2D eigenvalue weighted by atomic mass is 9.92. The third kappa shape index (κ3) is 8.17. The number of rotatable bonds is 11. The van der Waals surface area contributed by atoms with Crippen LogP contribution < -0.4 is 0 Å². The van der Waals surface area contributed by atoms with Crippen molar-refractivity contribution in [3.05, 3.63) is 198 Å². The summed E-state index contributed by atoms with van der Waals surface area (Å²) >= 11 is 0. The summed E-state index contributed by atoms with van der Waals surface area (Å²) in [5, 5.41) is 2.19. The Bertz CT molecular complexity index is 2570. The van der Waals surface area contributed by atoms with Crippen molar-refractivity contribution in [1.82, 2.24) is 15.0 Å². The number of hydrogen-bond donors (Lipinski definition) is 0. The molecule has 0 aliphatic carbocycles. The molecular formula is C50H42N4. The van der Waals surface area contributed by atoms with Gasteiger partial charge in [0, 0.05) is 45.4 Å². The highest BCUT2D eigenvalue weighted by Gasteiger charge is 2.14. The number of allylic oxidation sites excluding steroid dienone is 5. The summed E-state index contributed by atoms with van der Waals surface area (Å²) in [5.74, 6) is 3.05. The first kappa shape index (κ1) is 35.7. The average molecular weight is 699 g/mol. The number of terminal acetylenes is 1. The second-order valence-electron chi connectivity index (χ2n) is 13.3. The largest absolute Gasteiger partial charge is 0.255 e. The molecule has 3 heterocycles. The average Bonchev–Trinajstić information content (AvgIpc) is 3.23. The van der Waals surface area contributed by atoms with Crippen LogP contribution in [0.15, 0.2) is 169 Å². The molecule has 0 saturated heterocycles. The molecule has 0 amide bonds. The fourth-order valence-electron chi connectivity index (χ4n) is 6.75. The van der Waals surface area contributed by atoms with Gasteiger partial charge in [-0.15, -0.1) is 6.42 Å². The van der Waals surface area contributed by atoms with E-state index in [9.17, 15) is 0 Å². The Labute approximate surface area is 318 Å². The minimum Gasteiger partial charge on any atom is -0.255 e. The van der Waals surface area contributed by atoms with Gasteiger partial charge in [0.1, 0.15) is 0 Å². The summed E-state index contributed by atoms with van der Waals surface area (Å²) < 4.78 is 0. The van der Waals surface area contributed by atoms with E-state index in [0.29, 0.717) is 6.42 Å². The second-order valence-corrected chi connectivity index (χ2v) is 13.3. The molecule has 0 saturated carbocycles. The molecule has 0 bridgehead atoms. The molecule has 0 spiro atoms. The second kappa shape index (κ2) is 16.8. The molecule has 7 rings (SSSR count). The molecule has 0 fully saturated rings. The third-order valence-electron chi connectivity index (χ3n) is 9.66. The zero-order chi connectivity index (χ0) is 37.3. The zero-order valence-electron chi connectivity index (χ0n) is 30.9. The van der Waals surface area contributed by atoms with E-state index in [1.54, 1.807) is 0 Å². The van der Waals surface area contributed by atoms with Crippen LogP contribution in [0, 0.1) is 19.3 Å². The van der Waals surface area contributed by atoms with Crippen molar-refractivity contribution in [3.8, 4) is 23.6 Å². The Hall–Kier alpha value is -6.70. The van der Waals surface area contributed by atoms with Crippen LogP contribution in [-0.2, 0) is 6.42 Å². The summed E-state index contributed by atoms with van der Waals surface area (Å²) in [6.07, 6.45) is 18.1. The van der Waals surface area contributed by atoms with Crippen molar-refractivity contribution in [2.75, 3.05) is 0 Å². The van der Waals surface area contributed by atoms with E-state index in [1.165, 1.54) is 11.1 Å². The van der Waals surface area contributed by atoms with Gasteiger partial charge in [-0.05, 0) is 91.4 Å². The minimum absolute atomic E-state index is 0.108. The fraction of sp³-hybridized carbons (Fsp3) is 0.120. The number of fused-ring (bicyclic) bond motifs is 3. The number of pyridine rings is 3. The van der Waals surface area contributed by atoms with Crippen LogP contribution in [0.5, 0.6) is 0 Å². The number of aliphatic imine (C=N–C) groups is 1. The van der Waals surface area contributed by atoms with Gasteiger partial charge in [0.25, 0.3) is 0 Å². The van der Waals surface area contributed by atoms with Crippen LogP contribution >= 0.6 is 0 Å². The maximum atomic E-state index is 6.14. The molecule has 0 aliphatic heterocycles. The Morgan fingerprint density at radius 1 is 0.796 bits per heavy atom. The summed E-state index contributed by atoms with van der Waals surface area (Å²) in [4.78, 5) is 19.8. The molecule has 4 aromatic carbocycles. The molecule has 0 aliphatic rings. The Morgan fingerprint density at radius 2 is 1.56 bits per heavy atom. The summed E-state index contributed by atoms with van der Waals surface area (Å²) in [7, 11) is 0. The van der Waals surface area contributed by atoms with E-state index in [0.717, 1.165) is 79.0 Å². The first-order valence-electron chi connectivity index (χ1n) is 18.4. The molecule has 54 heavy (non-hydrogen) atoms. The molecule has 3 aromatic heterocycles. The van der Waals surface area contributed by atoms with E-state index in [2.05, 4.69) is 109 Å². The van der Waals surface area contributed by atoms with Crippen LogP contribution in [0.25, 0.3) is 44.3 Å². The van der Waals surface area contributed by atoms with Gasteiger partial charge < -0.3 is 0 Å². The highest BCUT2D eigenvalue weighted by atomic mass is 14.8. The summed E-state index contributed by atoms with van der Waals surface area (Å²) in [6.45, 7) is 6.27. The Morgan fingerprint density at radius 3 is 2.31 bits per heavy atom. The minimum atomic E-state index is 0.108. The molecule has 4 heteroatoms. The van der Waals surface area contributed by atoms with Gasteiger partial charge in [-0.25, -0.2) is 4.98 Å². The number of aromatic nitrogens is 3. The monoisotopic (exact) mass is 698 g/mol. The normalized spacial score (nSPS) is 13.0. The molecular weight excluding hydrogens is 657 g/mol. The first-order valence-corrected chi connectivity index (χ1v) is 18.4. The van der Waals surface area contributed by atoms with E-state index >= 15 is 0 Å². The predicted octanol–water partition coefficient (Wildman–Crippen LogP) is 12.0. The lowest BCUT2D eigenvalue weighted by Gasteiger charge is -2.15. The topological polar surface area (TPSA) is 51.0 Å². The van der Waals surface area contributed by atoms with Crippen molar-refractivity contribution in [1.29, 1.82) is 0 Å². The van der Waals surface area contributed by atoms with Crippen molar-refractivity contribution >= 4 is 38.8 Å². The highest BCUT2D eigenvalue weighted by molar-refractivity contribution is 6.05. The maximum Gasteiger partial charge on any atom is 0.0975 e. The first-order chi connectivity index (χ1) is 26.5. The van der Waals surface area contributed by atoms with Crippen LogP contribution in [-0.4, -0.2) is 20.7 Å². The number of aryl methyl sites for hydroxylation is 1. The lowest BCUT2D eigenvalue weighted by molar-refractivity contribution is 0.805. The highest BCUT2D eigenvalue weighted by Crippen LogP contribution is 2.31. The predicted molar refractivity (Wildman–Crippen MR) is 227 cm³/mol. The molecule has 7 aromatic rings. The standard InChI is InChI=1S/C50H42N4/c1-5-37(18-13-14-23-44-34-47(40-21-11-8-12-22-40)54-50-45(44)30-29-41-28-27-35(3)52-49(41)50)42-24-17-25-43(32-42)38(6-2)33-48(46-26-15-16-31-51-46)53-36(4)39-19-9-7-10-20-39/h1,7-22,24-34,38H,6,23H2,2-4H3/b14-13-,37-18+,48-33-,53-36+. The fourth-order valence-corrected chi connectivity index (χ4v) is 6.75. The van der Waals surface area contributed by atoms with Gasteiger partial charge in [0.2, 0.25) is 0 Å². The van der Waals surface area contributed by atoms with E-state index in [1.807, 2.05) is 86.8 Å². The molecule has 0 N–H and O–H groups in total. The van der Waals surface area contributed by atoms with Crippen LogP contribution in [0.2, 0.25) is 0 Å². The van der Waals surface area contributed by atoms with Gasteiger partial charge in [-0.1, -0.05) is 128 Å². The number of nitrogens with zero attached hydrogens (tertiary/aromatic N) is 4. The molecule has 4 nitrogen and oxygen atoms in total. The maximum absolute atomic E-state index is 6.14. The lowest BCUT2D eigenvalue weighted by Crippen LogP contribution is -2.00. The Balaban J connectivity index is 1.19. The van der Waals surface area contributed by atoms with E-state index in [4.69, 9.17) is 21.4 Å². The molecule has 1 atom stereocenters. The van der Waals surface area contributed by atoms with Crippen molar-refractivity contribution < 1.29 is 0 Å². The summed E-state index contributed by atoms with van der Waals surface area (Å²) in [5.41, 5.74) is 12.7. The smallest absolute Gasteiger partial charge is 0.0975 e. The van der Waals surface area contributed by atoms with Crippen molar-refractivity contribution in [2.45, 2.75) is 39.5 Å². The van der Waals surface area contributed by atoms with Crippen molar-refractivity contribution in [3.63, 3.8) is 0 Å². The summed E-state index contributed by atoms with van der Waals surface area (Å²) in [6, 6.07) is 45.7. The number of benzene rings is 4. The van der Waals surface area contributed by atoms with Crippen LogP contribution in [0.4, 0.5) is 0 Å². The van der Waals surface area contributed by atoms with Gasteiger partial charge in [-0.3, -0.25) is 15.0 Å². The van der Waals surface area contributed by atoms with Gasteiger partial charge in [0.15, 0.2) is 0 Å². The SMILES string of the molecule is C#C/C(=C\C=C/Cc1cc(-c2ccccc2)nc2c1ccc1ccc(C)nc12)c1cccc(C(/C=C(\N=C(/C)c2ccccc2)c2ccccn2)CC)c1. The molecule has 0 radical (unpaired) electrons. The third-order valence-corrected chi connectivity index (χ3v) is 9.66. The van der Waals surface area contributed by atoms with E-state index in [-0.39, 0.29) is 5.92 Å².